The van der Waals surface area contributed by atoms with Crippen LogP contribution >= 0.6 is 11.3 Å². The number of carboxylic acids is 1. The van der Waals surface area contributed by atoms with Gasteiger partial charge in [0.05, 0.1) is 36.8 Å². The third-order valence-corrected chi connectivity index (χ3v) is 8.59. The lowest BCUT2D eigenvalue weighted by atomic mass is 9.82. The molecule has 216 valence electrons. The van der Waals surface area contributed by atoms with E-state index < -0.39 is 11.9 Å². The Kier molecular flexibility index (Phi) is 11.8. The summed E-state index contributed by atoms with van der Waals surface area (Å²) >= 11 is 1.60. The monoisotopic (exact) mass is 568 g/mol. The number of methoxy groups -OCH3 is 2. The second kappa shape index (κ2) is 15.3. The van der Waals surface area contributed by atoms with E-state index in [2.05, 4.69) is 35.0 Å². The Morgan fingerprint density at radius 1 is 1.18 bits per heavy atom. The second-order valence-electron chi connectivity index (χ2n) is 9.77. The lowest BCUT2D eigenvalue weighted by Crippen LogP contribution is -2.40. The Balaban J connectivity index is 1.59. The Morgan fingerprint density at radius 3 is 2.48 bits per heavy atom. The normalized spacial score (nSPS) is 15.0. The van der Waals surface area contributed by atoms with Crippen LogP contribution in [0.2, 0.25) is 0 Å². The molecule has 40 heavy (non-hydrogen) atoms. The average molecular weight is 569 g/mol. The summed E-state index contributed by atoms with van der Waals surface area (Å²) in [6, 6.07) is 11.7. The SMILES string of the molecule is CCN(CC)CCNC(=O)CC(C(=O)O)C1CCN(c2ccc(C=C(C#N)c3ccc(OC)c(OC)c3)s2)CC1. The van der Waals surface area contributed by atoms with Gasteiger partial charge in [-0.3, -0.25) is 9.59 Å². The van der Waals surface area contributed by atoms with Crippen LogP contribution in [-0.4, -0.2) is 75.4 Å². The van der Waals surface area contributed by atoms with Crippen molar-refractivity contribution in [2.45, 2.75) is 33.1 Å². The highest BCUT2D eigenvalue weighted by atomic mass is 32.1. The molecule has 1 saturated heterocycles. The van der Waals surface area contributed by atoms with E-state index in [1.165, 1.54) is 0 Å². The fourth-order valence-electron chi connectivity index (χ4n) is 5.06. The zero-order chi connectivity index (χ0) is 29.1. The number of amides is 1. The number of thiophene rings is 1. The van der Waals surface area contributed by atoms with E-state index in [0.29, 0.717) is 36.5 Å². The number of ether oxygens (including phenoxy) is 2. The zero-order valence-electron chi connectivity index (χ0n) is 23.8. The van der Waals surface area contributed by atoms with Crippen molar-refractivity contribution < 1.29 is 24.2 Å². The molecule has 1 aliphatic heterocycles. The van der Waals surface area contributed by atoms with E-state index in [4.69, 9.17) is 9.47 Å². The van der Waals surface area contributed by atoms with Gasteiger partial charge in [-0.1, -0.05) is 13.8 Å². The first-order chi connectivity index (χ1) is 19.3. The van der Waals surface area contributed by atoms with Crippen LogP contribution < -0.4 is 19.7 Å². The van der Waals surface area contributed by atoms with Crippen molar-refractivity contribution in [1.82, 2.24) is 10.2 Å². The smallest absolute Gasteiger partial charge is 0.307 e. The highest BCUT2D eigenvalue weighted by molar-refractivity contribution is 7.17. The van der Waals surface area contributed by atoms with Gasteiger partial charge in [-0.25, -0.2) is 0 Å². The summed E-state index contributed by atoms with van der Waals surface area (Å²) in [6.45, 7) is 8.73. The number of hydrogen-bond acceptors (Lipinski definition) is 8. The van der Waals surface area contributed by atoms with Gasteiger partial charge in [0.15, 0.2) is 11.5 Å². The first-order valence-electron chi connectivity index (χ1n) is 13.7. The zero-order valence-corrected chi connectivity index (χ0v) is 24.6. The van der Waals surface area contributed by atoms with Crippen LogP contribution in [0.25, 0.3) is 11.6 Å². The molecule has 1 aromatic heterocycles. The van der Waals surface area contributed by atoms with Gasteiger partial charge in [-0.05, 0) is 73.8 Å². The van der Waals surface area contributed by atoms with Crippen LogP contribution in [0.4, 0.5) is 5.00 Å². The lowest BCUT2D eigenvalue weighted by Gasteiger charge is -2.35. The molecule has 1 unspecified atom stereocenters. The molecule has 10 heteroatoms. The Hall–Kier alpha value is -3.55. The maximum Gasteiger partial charge on any atom is 0.307 e. The maximum absolute atomic E-state index is 12.5. The first kappa shape index (κ1) is 31.0. The Bertz CT molecular complexity index is 1210. The number of carbonyl (C=O) groups is 2. The molecule has 2 N–H and O–H groups in total. The molecule has 3 rings (SSSR count). The van der Waals surface area contributed by atoms with E-state index in [0.717, 1.165) is 48.2 Å². The lowest BCUT2D eigenvalue weighted by molar-refractivity contribution is -0.146. The van der Waals surface area contributed by atoms with Crippen molar-refractivity contribution in [2.24, 2.45) is 11.8 Å². The molecule has 1 amide bonds. The number of carbonyl (C=O) groups excluding carboxylic acids is 1. The summed E-state index contributed by atoms with van der Waals surface area (Å²) in [5.74, 6) is -0.660. The number of nitriles is 1. The molecular weight excluding hydrogens is 528 g/mol. The van der Waals surface area contributed by atoms with Crippen LogP contribution in [0.15, 0.2) is 30.3 Å². The first-order valence-corrected chi connectivity index (χ1v) is 14.6. The van der Waals surface area contributed by atoms with Gasteiger partial charge in [-0.15, -0.1) is 11.3 Å². The van der Waals surface area contributed by atoms with E-state index in [1.54, 1.807) is 37.7 Å². The van der Waals surface area contributed by atoms with Crippen molar-refractivity contribution in [1.29, 1.82) is 5.26 Å². The molecule has 0 spiro atoms. The summed E-state index contributed by atoms with van der Waals surface area (Å²) in [5.41, 5.74) is 1.26. The third kappa shape index (κ3) is 8.23. The highest BCUT2D eigenvalue weighted by Gasteiger charge is 2.33. The molecule has 2 aromatic rings. The largest absolute Gasteiger partial charge is 0.493 e. The molecule has 2 heterocycles. The standard InChI is InChI=1S/C30H40N4O5S/c1-5-33(6-2)16-13-32-28(35)19-25(30(36)37)21-11-14-34(15-12-21)29-10-8-24(40-29)17-23(20-31)22-7-9-26(38-3)27(18-22)39-4/h7-10,17-18,21,25H,5-6,11-16,19H2,1-4H3,(H,32,35)(H,36,37). The van der Waals surface area contributed by atoms with Gasteiger partial charge < -0.3 is 29.7 Å². The molecule has 1 fully saturated rings. The fraction of sp³-hybridized carbons (Fsp3) is 0.500. The van der Waals surface area contributed by atoms with Gasteiger partial charge >= 0.3 is 5.97 Å². The van der Waals surface area contributed by atoms with Crippen LogP contribution in [0.5, 0.6) is 11.5 Å². The predicted molar refractivity (Wildman–Crippen MR) is 159 cm³/mol. The molecule has 0 radical (unpaired) electrons. The molecule has 0 bridgehead atoms. The third-order valence-electron chi connectivity index (χ3n) is 7.50. The van der Waals surface area contributed by atoms with Gasteiger partial charge in [0, 0.05) is 37.5 Å². The van der Waals surface area contributed by atoms with Crippen molar-refractivity contribution in [3.05, 3.63) is 40.8 Å². The van der Waals surface area contributed by atoms with E-state index >= 15 is 0 Å². The van der Waals surface area contributed by atoms with E-state index in [-0.39, 0.29) is 18.2 Å². The van der Waals surface area contributed by atoms with E-state index in [1.807, 2.05) is 24.3 Å². The number of aliphatic carboxylic acids is 1. The average Bonchev–Trinajstić information content (AvgIpc) is 3.45. The quantitative estimate of drug-likeness (QED) is 0.318. The summed E-state index contributed by atoms with van der Waals surface area (Å²) in [4.78, 5) is 29.9. The Labute approximate surface area is 241 Å². The van der Waals surface area contributed by atoms with Crippen LogP contribution in [0, 0.1) is 23.2 Å². The van der Waals surface area contributed by atoms with Gasteiger partial charge in [-0.2, -0.15) is 5.26 Å². The van der Waals surface area contributed by atoms with Crippen molar-refractivity contribution >= 4 is 39.9 Å². The van der Waals surface area contributed by atoms with Crippen LogP contribution in [0.3, 0.4) is 0 Å². The summed E-state index contributed by atoms with van der Waals surface area (Å²) in [6.07, 6.45) is 3.30. The summed E-state index contributed by atoms with van der Waals surface area (Å²) < 4.78 is 10.7. The molecule has 0 saturated carbocycles. The minimum atomic E-state index is -0.903. The number of carboxylic acid groups (broad SMARTS) is 1. The number of rotatable bonds is 14. The van der Waals surface area contributed by atoms with Crippen LogP contribution in [0.1, 0.15) is 43.6 Å². The number of allylic oxidation sites excluding steroid dienone is 1. The topological polar surface area (TPSA) is 115 Å². The highest BCUT2D eigenvalue weighted by Crippen LogP contribution is 2.36. The Morgan fingerprint density at radius 2 is 1.88 bits per heavy atom. The maximum atomic E-state index is 12.5. The molecule has 1 atom stereocenters. The minimum Gasteiger partial charge on any atom is -0.493 e. The second-order valence-corrected chi connectivity index (χ2v) is 10.9. The number of hydrogen-bond donors (Lipinski definition) is 2. The van der Waals surface area contributed by atoms with Gasteiger partial charge in [0.25, 0.3) is 0 Å². The molecule has 1 aliphatic rings. The summed E-state index contributed by atoms with van der Waals surface area (Å²) in [7, 11) is 3.14. The molecule has 9 nitrogen and oxygen atoms in total. The van der Waals surface area contributed by atoms with E-state index in [9.17, 15) is 20.0 Å². The number of benzene rings is 1. The number of likely N-dealkylation sites (N-methyl/N-ethyl adjacent to an activating group) is 1. The van der Waals surface area contributed by atoms with Gasteiger partial charge in [0.1, 0.15) is 0 Å². The van der Waals surface area contributed by atoms with Crippen LogP contribution in [-0.2, 0) is 9.59 Å². The van der Waals surface area contributed by atoms with Gasteiger partial charge in [0.2, 0.25) is 5.91 Å². The molecular formula is C30H40N4O5S. The number of nitrogens with one attached hydrogen (secondary N) is 1. The number of nitrogens with zero attached hydrogens (tertiary/aromatic N) is 3. The molecule has 1 aromatic carbocycles. The molecule has 0 aliphatic carbocycles. The van der Waals surface area contributed by atoms with Crippen molar-refractivity contribution in [3.63, 3.8) is 0 Å². The summed E-state index contributed by atoms with van der Waals surface area (Å²) in [5, 5.41) is 23.6. The predicted octanol–water partition coefficient (Wildman–Crippen LogP) is 4.59. The minimum absolute atomic E-state index is 0.0132. The fourth-order valence-corrected chi connectivity index (χ4v) is 6.06. The van der Waals surface area contributed by atoms with Crippen molar-refractivity contribution in [2.75, 3.05) is 58.4 Å². The van der Waals surface area contributed by atoms with Crippen molar-refractivity contribution in [3.8, 4) is 17.6 Å². The number of piperidine rings is 1. The number of anilines is 1.